The molecule has 0 bridgehead atoms. The number of carbonyl (C=O) groups is 1. The van der Waals surface area contributed by atoms with Crippen LogP contribution in [-0.4, -0.2) is 13.0 Å². The molecule has 0 radical (unpaired) electrons. The molecule has 0 saturated heterocycles. The van der Waals surface area contributed by atoms with E-state index < -0.39 is 0 Å². The number of fused-ring (bicyclic) bond motifs is 1. The number of amides is 1. The summed E-state index contributed by atoms with van der Waals surface area (Å²) < 4.78 is 12.4. The number of halogens is 1. The van der Waals surface area contributed by atoms with Gasteiger partial charge in [-0.1, -0.05) is 57.9 Å². The molecule has 0 aliphatic heterocycles. The second-order valence-electron chi connectivity index (χ2n) is 7.74. The summed E-state index contributed by atoms with van der Waals surface area (Å²) in [5.41, 5.74) is 6.71. The quantitative estimate of drug-likeness (QED) is 0.299. The van der Waals surface area contributed by atoms with Gasteiger partial charge in [0.1, 0.15) is 11.3 Å². The third-order valence-electron chi connectivity index (χ3n) is 5.41. The minimum Gasteiger partial charge on any atom is -0.496 e. The molecule has 4 rings (SSSR count). The first kappa shape index (κ1) is 21.9. The monoisotopic (exact) mass is 489 g/mol. The van der Waals surface area contributed by atoms with Gasteiger partial charge in [0.15, 0.2) is 0 Å². The maximum atomic E-state index is 12.5. The highest BCUT2D eigenvalue weighted by atomic mass is 79.9. The Hall–Kier alpha value is -3.31. The Morgan fingerprint density at radius 3 is 2.50 bits per heavy atom. The average molecular weight is 490 g/mol. The largest absolute Gasteiger partial charge is 0.496 e. The van der Waals surface area contributed by atoms with Gasteiger partial charge in [0.25, 0.3) is 0 Å². The fourth-order valence-electron chi connectivity index (χ4n) is 3.61. The standard InChI is InChI=1S/C27H24BrNO3/c1-17-4-6-19(7-5-17)15-29-27(30)12-18(2)22-13-23-24(20-8-10-21(28)11-9-20)16-32-26(23)14-25(22)31-3/h4-14,16H,15H2,1-3H3,(H,29,30)/b18-12+. The summed E-state index contributed by atoms with van der Waals surface area (Å²) in [6, 6.07) is 20.1. The lowest BCUT2D eigenvalue weighted by atomic mass is 9.99. The van der Waals surface area contributed by atoms with Crippen LogP contribution >= 0.6 is 15.9 Å². The average Bonchev–Trinajstić information content (AvgIpc) is 3.21. The summed E-state index contributed by atoms with van der Waals surface area (Å²) in [6.07, 6.45) is 3.36. The van der Waals surface area contributed by atoms with Crippen LogP contribution in [0.25, 0.3) is 27.7 Å². The number of nitrogens with one attached hydrogen (secondary N) is 1. The summed E-state index contributed by atoms with van der Waals surface area (Å²) in [4.78, 5) is 12.5. The van der Waals surface area contributed by atoms with Gasteiger partial charge in [-0.05, 0) is 48.7 Å². The third-order valence-corrected chi connectivity index (χ3v) is 5.94. The normalized spacial score (nSPS) is 11.6. The van der Waals surface area contributed by atoms with Crippen LogP contribution in [0.3, 0.4) is 0 Å². The van der Waals surface area contributed by atoms with Crippen molar-refractivity contribution in [2.75, 3.05) is 7.11 Å². The predicted octanol–water partition coefficient (Wildman–Crippen LogP) is 6.90. The van der Waals surface area contributed by atoms with Crippen molar-refractivity contribution in [3.05, 3.63) is 94.2 Å². The second-order valence-corrected chi connectivity index (χ2v) is 8.65. The summed E-state index contributed by atoms with van der Waals surface area (Å²) in [7, 11) is 1.62. The van der Waals surface area contributed by atoms with E-state index in [2.05, 4.69) is 21.2 Å². The van der Waals surface area contributed by atoms with E-state index >= 15 is 0 Å². The van der Waals surface area contributed by atoms with Crippen molar-refractivity contribution in [3.63, 3.8) is 0 Å². The third kappa shape index (κ3) is 4.78. The van der Waals surface area contributed by atoms with Crippen LogP contribution in [0.2, 0.25) is 0 Å². The second kappa shape index (κ2) is 9.45. The number of methoxy groups -OCH3 is 1. The first-order valence-corrected chi connectivity index (χ1v) is 11.1. The first-order valence-electron chi connectivity index (χ1n) is 10.3. The van der Waals surface area contributed by atoms with Gasteiger partial charge in [-0.3, -0.25) is 4.79 Å². The molecule has 0 aliphatic rings. The zero-order valence-electron chi connectivity index (χ0n) is 18.2. The minimum atomic E-state index is -0.148. The first-order chi connectivity index (χ1) is 15.4. The molecule has 3 aromatic carbocycles. The lowest BCUT2D eigenvalue weighted by Gasteiger charge is -2.10. The zero-order valence-corrected chi connectivity index (χ0v) is 19.8. The van der Waals surface area contributed by atoms with Crippen molar-refractivity contribution in [2.45, 2.75) is 20.4 Å². The highest BCUT2D eigenvalue weighted by molar-refractivity contribution is 9.10. The molecule has 0 spiro atoms. The van der Waals surface area contributed by atoms with E-state index in [9.17, 15) is 4.79 Å². The number of benzene rings is 3. The van der Waals surface area contributed by atoms with Crippen molar-refractivity contribution in [1.82, 2.24) is 5.32 Å². The molecule has 162 valence electrons. The summed E-state index contributed by atoms with van der Waals surface area (Å²) >= 11 is 3.48. The summed E-state index contributed by atoms with van der Waals surface area (Å²) in [6.45, 7) is 4.43. The van der Waals surface area contributed by atoms with Crippen LogP contribution in [0.5, 0.6) is 5.75 Å². The topological polar surface area (TPSA) is 51.5 Å². The van der Waals surface area contributed by atoms with Gasteiger partial charge in [0.05, 0.1) is 13.4 Å². The molecular weight excluding hydrogens is 466 g/mol. The van der Waals surface area contributed by atoms with E-state index in [1.165, 1.54) is 5.56 Å². The molecular formula is C27H24BrNO3. The lowest BCUT2D eigenvalue weighted by molar-refractivity contribution is -0.116. The molecule has 0 atom stereocenters. The smallest absolute Gasteiger partial charge is 0.244 e. The fraction of sp³-hybridized carbons (Fsp3) is 0.148. The highest BCUT2D eigenvalue weighted by Gasteiger charge is 2.15. The maximum Gasteiger partial charge on any atom is 0.244 e. The molecule has 5 heteroatoms. The molecule has 0 fully saturated rings. The Kier molecular flexibility index (Phi) is 6.47. The Morgan fingerprint density at radius 1 is 1.09 bits per heavy atom. The highest BCUT2D eigenvalue weighted by Crippen LogP contribution is 2.37. The van der Waals surface area contributed by atoms with Crippen molar-refractivity contribution >= 4 is 38.4 Å². The predicted molar refractivity (Wildman–Crippen MR) is 133 cm³/mol. The van der Waals surface area contributed by atoms with E-state index in [0.717, 1.165) is 43.3 Å². The van der Waals surface area contributed by atoms with Crippen LogP contribution in [0.15, 0.2) is 81.9 Å². The molecule has 0 unspecified atom stereocenters. The van der Waals surface area contributed by atoms with Gasteiger partial charge in [-0.25, -0.2) is 0 Å². The minimum absolute atomic E-state index is 0.148. The van der Waals surface area contributed by atoms with Gasteiger partial charge < -0.3 is 14.5 Å². The molecule has 0 aliphatic carbocycles. The molecule has 1 N–H and O–H groups in total. The van der Waals surface area contributed by atoms with Crippen molar-refractivity contribution < 1.29 is 13.9 Å². The van der Waals surface area contributed by atoms with E-state index in [0.29, 0.717) is 12.3 Å². The van der Waals surface area contributed by atoms with E-state index in [1.807, 2.05) is 74.5 Å². The Morgan fingerprint density at radius 2 is 1.81 bits per heavy atom. The molecule has 32 heavy (non-hydrogen) atoms. The van der Waals surface area contributed by atoms with Crippen molar-refractivity contribution in [2.24, 2.45) is 0 Å². The molecule has 4 nitrogen and oxygen atoms in total. The van der Waals surface area contributed by atoms with Crippen LogP contribution in [0.1, 0.15) is 23.6 Å². The number of ether oxygens (including phenoxy) is 1. The van der Waals surface area contributed by atoms with Gasteiger partial charge in [0.2, 0.25) is 5.91 Å². The number of furan rings is 1. The van der Waals surface area contributed by atoms with Crippen LogP contribution < -0.4 is 10.1 Å². The summed E-state index contributed by atoms with van der Waals surface area (Å²) in [5.74, 6) is 0.514. The van der Waals surface area contributed by atoms with Gasteiger partial charge in [-0.15, -0.1) is 0 Å². The van der Waals surface area contributed by atoms with Crippen LogP contribution in [0, 0.1) is 6.92 Å². The van der Waals surface area contributed by atoms with E-state index in [1.54, 1.807) is 19.4 Å². The molecule has 4 aromatic rings. The number of aryl methyl sites for hydroxylation is 1. The van der Waals surface area contributed by atoms with Crippen molar-refractivity contribution in [1.29, 1.82) is 0 Å². The number of hydrogen-bond donors (Lipinski definition) is 1. The van der Waals surface area contributed by atoms with Crippen molar-refractivity contribution in [3.8, 4) is 16.9 Å². The van der Waals surface area contributed by atoms with Crippen LogP contribution in [0.4, 0.5) is 0 Å². The number of carbonyl (C=O) groups excluding carboxylic acids is 1. The van der Waals surface area contributed by atoms with Gasteiger partial charge in [0, 0.05) is 39.7 Å². The van der Waals surface area contributed by atoms with E-state index in [-0.39, 0.29) is 5.91 Å². The van der Waals surface area contributed by atoms with Gasteiger partial charge in [-0.2, -0.15) is 0 Å². The number of hydrogen-bond acceptors (Lipinski definition) is 3. The number of rotatable bonds is 6. The summed E-state index contributed by atoms with van der Waals surface area (Å²) in [5, 5.41) is 3.92. The molecule has 1 aromatic heterocycles. The van der Waals surface area contributed by atoms with Gasteiger partial charge >= 0.3 is 0 Å². The Balaban J connectivity index is 1.62. The zero-order chi connectivity index (χ0) is 22.7. The maximum absolute atomic E-state index is 12.5. The van der Waals surface area contributed by atoms with Crippen LogP contribution in [-0.2, 0) is 11.3 Å². The lowest BCUT2D eigenvalue weighted by Crippen LogP contribution is -2.20. The fourth-order valence-corrected chi connectivity index (χ4v) is 3.87. The number of allylic oxidation sites excluding steroid dienone is 1. The SMILES string of the molecule is COc1cc2occ(-c3ccc(Br)cc3)c2cc1/C(C)=C/C(=O)NCc1ccc(C)cc1. The molecule has 1 amide bonds. The molecule has 1 heterocycles. The van der Waals surface area contributed by atoms with E-state index in [4.69, 9.17) is 9.15 Å². The Bertz CT molecular complexity index is 1290. The Labute approximate surface area is 196 Å². The molecule has 0 saturated carbocycles.